The molecule has 0 aromatic heterocycles. The zero-order valence-corrected chi connectivity index (χ0v) is 10.8. The van der Waals surface area contributed by atoms with Crippen molar-refractivity contribution in [3.8, 4) is 11.5 Å². The van der Waals surface area contributed by atoms with Crippen molar-refractivity contribution >= 4 is 11.5 Å². The quantitative estimate of drug-likeness (QED) is 0.928. The van der Waals surface area contributed by atoms with Gasteiger partial charge in [-0.3, -0.25) is 4.79 Å². The first-order valence-corrected chi connectivity index (χ1v) is 6.06. The molecule has 2 rings (SSSR count). The fraction of sp³-hybridized carbons (Fsp3) is 0.462. The molecule has 0 bridgehead atoms. The van der Waals surface area contributed by atoms with Gasteiger partial charge in [-0.2, -0.15) is 13.2 Å². The number of hydrogen-bond donors (Lipinski definition) is 1. The van der Waals surface area contributed by atoms with Crippen LogP contribution in [0.1, 0.15) is 12.0 Å². The molecule has 7 heteroatoms. The van der Waals surface area contributed by atoms with Gasteiger partial charge in [0.15, 0.2) is 12.4 Å². The van der Waals surface area contributed by atoms with Crippen LogP contribution >= 0.6 is 0 Å². The average Bonchev–Trinajstić information content (AvgIpc) is 2.71. The fourth-order valence-electron chi connectivity index (χ4n) is 2.23. The second-order valence-electron chi connectivity index (χ2n) is 4.72. The number of halogens is 3. The highest BCUT2D eigenvalue weighted by molar-refractivity contribution is 5.88. The van der Waals surface area contributed by atoms with Crippen molar-refractivity contribution in [2.75, 3.05) is 24.6 Å². The number of alkyl halides is 3. The molecule has 1 heterocycles. The molecule has 0 aliphatic carbocycles. The van der Waals surface area contributed by atoms with Crippen LogP contribution in [-0.2, 0) is 4.79 Å². The number of aryl methyl sites for hydroxylation is 1. The Morgan fingerprint density at radius 3 is 2.65 bits per heavy atom. The molecule has 0 unspecified atom stereocenters. The average molecular weight is 289 g/mol. The molecule has 1 aliphatic rings. The van der Waals surface area contributed by atoms with E-state index < -0.39 is 12.8 Å². The summed E-state index contributed by atoms with van der Waals surface area (Å²) in [5.41, 5.74) is 0.995. The lowest BCUT2D eigenvalue weighted by Crippen LogP contribution is -2.24. The Morgan fingerprint density at radius 1 is 1.40 bits per heavy atom. The van der Waals surface area contributed by atoms with Gasteiger partial charge in [0.1, 0.15) is 11.5 Å². The third-order valence-electron chi connectivity index (χ3n) is 2.99. The van der Waals surface area contributed by atoms with E-state index in [4.69, 9.17) is 4.74 Å². The number of ketones is 1. The van der Waals surface area contributed by atoms with Crippen LogP contribution in [0.3, 0.4) is 0 Å². The highest BCUT2D eigenvalue weighted by Gasteiger charge is 2.30. The Bertz CT molecular complexity index is 528. The van der Waals surface area contributed by atoms with Crippen molar-refractivity contribution in [2.24, 2.45) is 0 Å². The van der Waals surface area contributed by atoms with Gasteiger partial charge in [0.2, 0.25) is 0 Å². The van der Waals surface area contributed by atoms with E-state index in [9.17, 15) is 23.1 Å². The highest BCUT2D eigenvalue weighted by atomic mass is 19.4. The van der Waals surface area contributed by atoms with Crippen molar-refractivity contribution in [3.63, 3.8) is 0 Å². The molecular weight excluding hydrogens is 275 g/mol. The molecule has 0 spiro atoms. The van der Waals surface area contributed by atoms with Gasteiger partial charge in [-0.25, -0.2) is 0 Å². The Balaban J connectivity index is 2.31. The summed E-state index contributed by atoms with van der Waals surface area (Å²) in [6.45, 7) is 0.795. The number of rotatable bonds is 3. The molecule has 0 amide bonds. The molecule has 1 N–H and O–H groups in total. The van der Waals surface area contributed by atoms with Crippen molar-refractivity contribution in [2.45, 2.75) is 19.5 Å². The second-order valence-corrected chi connectivity index (χ2v) is 4.72. The molecule has 1 aromatic carbocycles. The first-order valence-electron chi connectivity index (χ1n) is 6.06. The number of hydrogen-bond acceptors (Lipinski definition) is 4. The second kappa shape index (κ2) is 5.22. The molecule has 110 valence electrons. The van der Waals surface area contributed by atoms with Crippen LogP contribution in [0.15, 0.2) is 12.1 Å². The summed E-state index contributed by atoms with van der Waals surface area (Å²) in [5.74, 6) is -0.206. The van der Waals surface area contributed by atoms with Crippen molar-refractivity contribution in [3.05, 3.63) is 17.7 Å². The Kier molecular flexibility index (Phi) is 3.78. The molecule has 4 nitrogen and oxygen atoms in total. The van der Waals surface area contributed by atoms with Gasteiger partial charge in [0.05, 0.1) is 12.2 Å². The van der Waals surface area contributed by atoms with Crippen LogP contribution in [0.2, 0.25) is 0 Å². The molecule has 0 saturated carbocycles. The van der Waals surface area contributed by atoms with Crippen molar-refractivity contribution < 1.29 is 27.8 Å². The van der Waals surface area contributed by atoms with E-state index in [2.05, 4.69) is 0 Å². The molecule has 1 aliphatic heterocycles. The summed E-state index contributed by atoms with van der Waals surface area (Å²) >= 11 is 0. The molecular formula is C13H14F3NO3. The number of aromatic hydroxyl groups is 1. The van der Waals surface area contributed by atoms with Gasteiger partial charge in [0.25, 0.3) is 0 Å². The number of benzene rings is 1. The number of carbonyl (C=O) groups is 1. The molecule has 0 atom stereocenters. The highest BCUT2D eigenvalue weighted by Crippen LogP contribution is 2.37. The number of nitrogens with zero attached hydrogens (tertiary/aromatic N) is 1. The summed E-state index contributed by atoms with van der Waals surface area (Å²) in [4.78, 5) is 13.0. The monoisotopic (exact) mass is 289 g/mol. The van der Waals surface area contributed by atoms with Gasteiger partial charge >= 0.3 is 6.18 Å². The maximum atomic E-state index is 12.3. The van der Waals surface area contributed by atoms with E-state index in [1.54, 1.807) is 11.8 Å². The SMILES string of the molecule is Cc1cc(O)cc(OCC(F)(F)F)c1N1CCC(=O)C1. The number of ether oxygens (including phenoxy) is 1. The summed E-state index contributed by atoms with van der Waals surface area (Å²) < 4.78 is 41.5. The molecule has 1 fully saturated rings. The van der Waals surface area contributed by atoms with Gasteiger partial charge in [-0.05, 0) is 18.6 Å². The Labute approximate surface area is 113 Å². The first kappa shape index (κ1) is 14.5. The number of phenolic OH excluding ortho intramolecular Hbond substituents is 1. The third kappa shape index (κ3) is 3.34. The van der Waals surface area contributed by atoms with E-state index >= 15 is 0 Å². The van der Waals surface area contributed by atoms with E-state index in [1.807, 2.05) is 0 Å². The summed E-state index contributed by atoms with van der Waals surface area (Å²) in [6.07, 6.45) is -4.10. The minimum atomic E-state index is -4.46. The first-order chi connectivity index (χ1) is 9.26. The minimum absolute atomic E-state index is 0.0271. The van der Waals surface area contributed by atoms with Gasteiger partial charge in [0, 0.05) is 19.0 Å². The van der Waals surface area contributed by atoms with Crippen molar-refractivity contribution in [1.29, 1.82) is 0 Å². The number of anilines is 1. The lowest BCUT2D eigenvalue weighted by atomic mass is 10.1. The van der Waals surface area contributed by atoms with Crippen LogP contribution in [0.5, 0.6) is 11.5 Å². The van der Waals surface area contributed by atoms with Crippen LogP contribution < -0.4 is 9.64 Å². The van der Waals surface area contributed by atoms with E-state index in [0.717, 1.165) is 6.07 Å². The maximum Gasteiger partial charge on any atom is 0.422 e. The van der Waals surface area contributed by atoms with Gasteiger partial charge in [-0.1, -0.05) is 0 Å². The van der Waals surface area contributed by atoms with Gasteiger partial charge < -0.3 is 14.7 Å². The summed E-state index contributed by atoms with van der Waals surface area (Å²) in [6, 6.07) is 2.56. The molecule has 0 radical (unpaired) electrons. The smallest absolute Gasteiger partial charge is 0.422 e. The number of carbonyl (C=O) groups excluding carboxylic acids is 1. The summed E-state index contributed by atoms with van der Waals surface area (Å²) in [5, 5.41) is 9.50. The van der Waals surface area contributed by atoms with E-state index in [0.29, 0.717) is 24.2 Å². The lowest BCUT2D eigenvalue weighted by Gasteiger charge is -2.23. The largest absolute Gasteiger partial charge is 0.508 e. The predicted octanol–water partition coefficient (Wildman–Crippen LogP) is 2.42. The van der Waals surface area contributed by atoms with E-state index in [-0.39, 0.29) is 23.8 Å². The van der Waals surface area contributed by atoms with Crippen LogP contribution in [0.25, 0.3) is 0 Å². The molecule has 1 saturated heterocycles. The van der Waals surface area contributed by atoms with Crippen LogP contribution in [0, 0.1) is 6.92 Å². The summed E-state index contributed by atoms with van der Waals surface area (Å²) in [7, 11) is 0. The third-order valence-corrected chi connectivity index (χ3v) is 2.99. The van der Waals surface area contributed by atoms with Gasteiger partial charge in [-0.15, -0.1) is 0 Å². The van der Waals surface area contributed by atoms with Crippen molar-refractivity contribution in [1.82, 2.24) is 0 Å². The van der Waals surface area contributed by atoms with E-state index in [1.165, 1.54) is 6.07 Å². The zero-order chi connectivity index (χ0) is 14.9. The molecule has 1 aromatic rings. The Hall–Kier alpha value is -1.92. The topological polar surface area (TPSA) is 49.8 Å². The number of phenols is 1. The maximum absolute atomic E-state index is 12.3. The van der Waals surface area contributed by atoms with Crippen LogP contribution in [0.4, 0.5) is 18.9 Å². The normalized spacial score (nSPS) is 15.8. The van der Waals surface area contributed by atoms with Crippen LogP contribution in [-0.4, -0.2) is 36.8 Å². The predicted molar refractivity (Wildman–Crippen MR) is 66.2 cm³/mol. The lowest BCUT2D eigenvalue weighted by molar-refractivity contribution is -0.153. The fourth-order valence-corrected chi connectivity index (χ4v) is 2.23. The number of Topliss-reactive ketones (excluding diaryl/α,β-unsaturated/α-hetero) is 1. The standard InChI is InChI=1S/C13H14F3NO3/c1-8-4-10(19)5-11(20-7-13(14,15)16)12(8)17-3-2-9(18)6-17/h4-5,19H,2-3,6-7H2,1H3. The minimum Gasteiger partial charge on any atom is -0.508 e. The molecule has 20 heavy (non-hydrogen) atoms. The Morgan fingerprint density at radius 2 is 2.10 bits per heavy atom. The zero-order valence-electron chi connectivity index (χ0n) is 10.8.